The molecule has 2 heteroatoms. The van der Waals surface area contributed by atoms with Crippen molar-refractivity contribution in [2.75, 3.05) is 0 Å². The lowest BCUT2D eigenvalue weighted by molar-refractivity contribution is -0.112. The van der Waals surface area contributed by atoms with Crippen LogP contribution in [0.2, 0.25) is 0 Å². The third-order valence-corrected chi connectivity index (χ3v) is 1.34. The van der Waals surface area contributed by atoms with Gasteiger partial charge in [0.25, 0.3) is 0 Å². The van der Waals surface area contributed by atoms with E-state index in [0.29, 0.717) is 11.1 Å². The van der Waals surface area contributed by atoms with E-state index in [0.717, 1.165) is 0 Å². The second-order valence-electron chi connectivity index (χ2n) is 2.25. The molecule has 1 rings (SSSR count). The molecular formula is C8H8O2. The van der Waals surface area contributed by atoms with Crippen molar-refractivity contribution in [2.45, 2.75) is 6.92 Å². The molecule has 0 atom stereocenters. The maximum Gasteiger partial charge on any atom is 0.188 e. The van der Waals surface area contributed by atoms with Gasteiger partial charge in [-0.3, -0.25) is 4.79 Å². The first kappa shape index (κ1) is 6.81. The quantitative estimate of drug-likeness (QED) is 0.512. The van der Waals surface area contributed by atoms with Crippen molar-refractivity contribution in [1.82, 2.24) is 0 Å². The van der Waals surface area contributed by atoms with Gasteiger partial charge in [-0.15, -0.1) is 0 Å². The Balaban J connectivity index is 3.07. The summed E-state index contributed by atoms with van der Waals surface area (Å²) in [6.45, 7) is 5.12. The fourth-order valence-electron chi connectivity index (χ4n) is 0.826. The number of hydrogen-bond acceptors (Lipinski definition) is 2. The summed E-state index contributed by atoms with van der Waals surface area (Å²) in [5, 5.41) is 8.94. The Kier molecular flexibility index (Phi) is 1.45. The molecule has 0 aromatic heterocycles. The Morgan fingerprint density at radius 3 is 2.60 bits per heavy atom. The van der Waals surface area contributed by atoms with Gasteiger partial charge in [-0.1, -0.05) is 6.58 Å². The van der Waals surface area contributed by atoms with Crippen molar-refractivity contribution in [3.63, 3.8) is 0 Å². The zero-order chi connectivity index (χ0) is 7.72. The van der Waals surface area contributed by atoms with Crippen molar-refractivity contribution in [1.29, 1.82) is 0 Å². The van der Waals surface area contributed by atoms with Crippen LogP contribution in [0.25, 0.3) is 0 Å². The lowest BCUT2D eigenvalue weighted by Crippen LogP contribution is -2.05. The zero-order valence-corrected chi connectivity index (χ0v) is 5.72. The summed E-state index contributed by atoms with van der Waals surface area (Å²) in [6, 6.07) is 0. The summed E-state index contributed by atoms with van der Waals surface area (Å²) in [5.41, 5.74) is 0.877. The van der Waals surface area contributed by atoms with Crippen molar-refractivity contribution in [3.8, 4) is 0 Å². The molecule has 0 unspecified atom stereocenters. The van der Waals surface area contributed by atoms with Crippen molar-refractivity contribution in [3.05, 3.63) is 35.6 Å². The lowest BCUT2D eigenvalue weighted by Gasteiger charge is -2.05. The third-order valence-electron chi connectivity index (χ3n) is 1.34. The zero-order valence-electron chi connectivity index (χ0n) is 5.72. The molecule has 0 saturated heterocycles. The molecule has 0 aromatic carbocycles. The molecule has 1 aliphatic carbocycles. The largest absolute Gasteiger partial charge is 0.508 e. The first-order valence-corrected chi connectivity index (χ1v) is 2.94. The van der Waals surface area contributed by atoms with E-state index in [1.54, 1.807) is 6.92 Å². The van der Waals surface area contributed by atoms with E-state index in [4.69, 9.17) is 5.11 Å². The van der Waals surface area contributed by atoms with Crippen molar-refractivity contribution >= 4 is 5.78 Å². The number of Topliss-reactive ketones (excluding diaryl/α,β-unsaturated/α-hetero) is 1. The van der Waals surface area contributed by atoms with Crippen LogP contribution in [0.4, 0.5) is 0 Å². The average Bonchev–Trinajstić information content (AvgIpc) is 1.82. The van der Waals surface area contributed by atoms with E-state index >= 15 is 0 Å². The summed E-state index contributed by atoms with van der Waals surface area (Å²) in [4.78, 5) is 10.9. The monoisotopic (exact) mass is 136 g/mol. The smallest absolute Gasteiger partial charge is 0.188 e. The van der Waals surface area contributed by atoms with Crippen LogP contribution in [-0.2, 0) is 4.79 Å². The van der Waals surface area contributed by atoms with Crippen LogP contribution in [0.5, 0.6) is 0 Å². The van der Waals surface area contributed by atoms with E-state index in [2.05, 4.69) is 6.58 Å². The van der Waals surface area contributed by atoms with Gasteiger partial charge in [-0.25, -0.2) is 0 Å². The number of aliphatic hydroxyl groups is 1. The molecule has 0 bridgehead atoms. The summed E-state index contributed by atoms with van der Waals surface area (Å²) in [7, 11) is 0. The molecule has 0 heterocycles. The van der Waals surface area contributed by atoms with Gasteiger partial charge in [0.15, 0.2) is 5.78 Å². The molecule has 0 spiro atoms. The number of hydrogen-bond donors (Lipinski definition) is 1. The molecule has 10 heavy (non-hydrogen) atoms. The third kappa shape index (κ3) is 1.00. The highest BCUT2D eigenvalue weighted by Crippen LogP contribution is 2.14. The molecule has 0 aromatic rings. The van der Waals surface area contributed by atoms with Gasteiger partial charge in [-0.05, 0) is 19.1 Å². The minimum atomic E-state index is -0.0993. The van der Waals surface area contributed by atoms with E-state index in [9.17, 15) is 4.79 Å². The molecule has 0 aliphatic heterocycles. The molecule has 2 nitrogen and oxygen atoms in total. The molecule has 0 amide bonds. The second-order valence-corrected chi connectivity index (χ2v) is 2.25. The topological polar surface area (TPSA) is 37.3 Å². The fourth-order valence-corrected chi connectivity index (χ4v) is 0.826. The van der Waals surface area contributed by atoms with E-state index in [1.165, 1.54) is 12.2 Å². The highest BCUT2D eigenvalue weighted by atomic mass is 16.3. The Bertz CT molecular complexity index is 254. The summed E-state index contributed by atoms with van der Waals surface area (Å²) >= 11 is 0. The van der Waals surface area contributed by atoms with Crippen LogP contribution in [0.1, 0.15) is 6.92 Å². The second kappa shape index (κ2) is 2.14. The van der Waals surface area contributed by atoms with Gasteiger partial charge < -0.3 is 5.11 Å². The molecule has 0 radical (unpaired) electrons. The van der Waals surface area contributed by atoms with Crippen molar-refractivity contribution in [2.24, 2.45) is 0 Å². The van der Waals surface area contributed by atoms with Gasteiger partial charge in [0, 0.05) is 11.1 Å². The number of ketones is 1. The Morgan fingerprint density at radius 1 is 1.50 bits per heavy atom. The fraction of sp³-hybridized carbons (Fsp3) is 0.125. The summed E-state index contributed by atoms with van der Waals surface area (Å²) in [6.07, 6.45) is 2.78. The Morgan fingerprint density at radius 2 is 2.10 bits per heavy atom. The molecule has 1 aliphatic rings. The average molecular weight is 136 g/mol. The molecule has 0 fully saturated rings. The molecule has 0 saturated carbocycles. The van der Waals surface area contributed by atoms with Crippen LogP contribution < -0.4 is 0 Å². The predicted octanol–water partition coefficient (Wildman–Crippen LogP) is 1.51. The minimum Gasteiger partial charge on any atom is -0.508 e. The number of carbonyl (C=O) groups is 1. The first-order chi connectivity index (χ1) is 4.61. The van der Waals surface area contributed by atoms with Crippen LogP contribution in [0, 0.1) is 0 Å². The number of allylic oxidation sites excluding steroid dienone is 4. The van der Waals surface area contributed by atoms with Crippen LogP contribution in [-0.4, -0.2) is 10.9 Å². The summed E-state index contributed by atoms with van der Waals surface area (Å²) in [5.74, 6) is -0.0000926. The highest BCUT2D eigenvalue weighted by Gasteiger charge is 2.12. The van der Waals surface area contributed by atoms with Gasteiger partial charge in [0.05, 0.1) is 0 Å². The number of aliphatic hydroxyl groups excluding tert-OH is 1. The van der Waals surface area contributed by atoms with Gasteiger partial charge >= 0.3 is 0 Å². The Labute approximate surface area is 59.2 Å². The van der Waals surface area contributed by atoms with Crippen LogP contribution >= 0.6 is 0 Å². The summed E-state index contributed by atoms with van der Waals surface area (Å²) < 4.78 is 0. The number of rotatable bonds is 0. The van der Waals surface area contributed by atoms with E-state index in [1.807, 2.05) is 0 Å². The van der Waals surface area contributed by atoms with E-state index in [-0.39, 0.29) is 11.5 Å². The lowest BCUT2D eigenvalue weighted by atomic mass is 10.0. The highest BCUT2D eigenvalue weighted by molar-refractivity contribution is 6.10. The molecule has 52 valence electrons. The minimum absolute atomic E-state index is 0.0992. The first-order valence-electron chi connectivity index (χ1n) is 2.94. The SMILES string of the molecule is C=C1C=C(O)C=C(C)C1=O. The number of carbonyl (C=O) groups excluding carboxylic acids is 1. The molecule has 1 N–H and O–H groups in total. The van der Waals surface area contributed by atoms with Crippen LogP contribution in [0.15, 0.2) is 35.6 Å². The van der Waals surface area contributed by atoms with E-state index < -0.39 is 0 Å². The normalized spacial score (nSPS) is 18.5. The maximum atomic E-state index is 10.9. The Hall–Kier alpha value is -1.31. The van der Waals surface area contributed by atoms with Gasteiger partial charge in [0.1, 0.15) is 5.76 Å². The standard InChI is InChI=1S/C8H8O2/c1-5-3-7(9)4-6(2)8(5)10/h3-4,9H,1H2,2H3. The van der Waals surface area contributed by atoms with Crippen molar-refractivity contribution < 1.29 is 9.90 Å². The predicted molar refractivity (Wildman–Crippen MR) is 38.6 cm³/mol. The van der Waals surface area contributed by atoms with Crippen LogP contribution in [0.3, 0.4) is 0 Å². The van der Waals surface area contributed by atoms with Gasteiger partial charge in [0.2, 0.25) is 0 Å². The van der Waals surface area contributed by atoms with Gasteiger partial charge in [-0.2, -0.15) is 0 Å². The maximum absolute atomic E-state index is 10.9. The molecular weight excluding hydrogens is 128 g/mol.